The number of aromatic nitrogens is 1. The lowest BCUT2D eigenvalue weighted by Gasteiger charge is -2.29. The minimum absolute atomic E-state index is 0.0196. The van der Waals surface area contributed by atoms with E-state index >= 15 is 0 Å². The van der Waals surface area contributed by atoms with E-state index in [1.54, 1.807) is 10.3 Å². The molecule has 2 amide bonds. The molecule has 3 heterocycles. The van der Waals surface area contributed by atoms with Crippen LogP contribution in [0.25, 0.3) is 0 Å². The van der Waals surface area contributed by atoms with Crippen LogP contribution >= 0.6 is 23.1 Å². The van der Waals surface area contributed by atoms with E-state index in [0.29, 0.717) is 25.2 Å². The normalized spacial score (nSPS) is 19.3. The standard InChI is InChI=1S/C22H21N3O3S2/c26-19(7-6-15-4-2-1-3-5-15)25-11-8-16(9-12-25)21-24-18(14-30-21)20(27)23-17-10-13-29-22(17)28/h1-5,14,16-17H,8-13H2,(H,23,27). The van der Waals surface area contributed by atoms with Gasteiger partial charge in [-0.1, -0.05) is 35.9 Å². The Morgan fingerprint density at radius 1 is 1.13 bits per heavy atom. The molecule has 1 aromatic heterocycles. The van der Waals surface area contributed by atoms with E-state index in [1.807, 2.05) is 30.3 Å². The van der Waals surface area contributed by atoms with Crippen LogP contribution in [-0.2, 0) is 9.59 Å². The van der Waals surface area contributed by atoms with Crippen molar-refractivity contribution in [3.63, 3.8) is 0 Å². The van der Waals surface area contributed by atoms with Crippen LogP contribution < -0.4 is 5.32 Å². The quantitative estimate of drug-likeness (QED) is 0.744. The number of carbonyl (C=O) groups excluding carboxylic acids is 3. The number of amides is 2. The molecule has 1 unspecified atom stereocenters. The van der Waals surface area contributed by atoms with Crippen molar-refractivity contribution in [2.75, 3.05) is 18.8 Å². The number of hydrogen-bond acceptors (Lipinski definition) is 6. The summed E-state index contributed by atoms with van der Waals surface area (Å²) >= 11 is 2.73. The van der Waals surface area contributed by atoms with Crippen LogP contribution in [0.3, 0.4) is 0 Å². The van der Waals surface area contributed by atoms with Gasteiger partial charge in [-0.3, -0.25) is 14.4 Å². The topological polar surface area (TPSA) is 79.4 Å². The summed E-state index contributed by atoms with van der Waals surface area (Å²) in [5.74, 6) is 6.16. The fraction of sp³-hybridized carbons (Fsp3) is 0.364. The lowest BCUT2D eigenvalue weighted by Crippen LogP contribution is -2.37. The SMILES string of the molecule is O=C(NC1CCSC1=O)c1csc(C2CCN(C(=O)C#Cc3ccccc3)CC2)n1. The molecule has 2 aromatic rings. The maximum atomic E-state index is 12.4. The van der Waals surface area contributed by atoms with Gasteiger partial charge in [-0.25, -0.2) is 4.98 Å². The van der Waals surface area contributed by atoms with Crippen LogP contribution in [0.15, 0.2) is 35.7 Å². The first kappa shape index (κ1) is 20.6. The highest BCUT2D eigenvalue weighted by molar-refractivity contribution is 8.14. The van der Waals surface area contributed by atoms with Gasteiger partial charge < -0.3 is 10.2 Å². The molecule has 0 bridgehead atoms. The van der Waals surface area contributed by atoms with Gasteiger partial charge >= 0.3 is 0 Å². The first-order chi connectivity index (χ1) is 14.6. The summed E-state index contributed by atoms with van der Waals surface area (Å²) in [5.41, 5.74) is 1.19. The summed E-state index contributed by atoms with van der Waals surface area (Å²) in [5, 5.41) is 5.46. The summed E-state index contributed by atoms with van der Waals surface area (Å²) in [7, 11) is 0. The molecule has 30 heavy (non-hydrogen) atoms. The van der Waals surface area contributed by atoms with E-state index < -0.39 is 6.04 Å². The van der Waals surface area contributed by atoms with Crippen molar-refractivity contribution in [3.05, 3.63) is 52.0 Å². The Morgan fingerprint density at radius 2 is 1.90 bits per heavy atom. The Bertz CT molecular complexity index is 1000. The van der Waals surface area contributed by atoms with Crippen molar-refractivity contribution in [3.8, 4) is 11.8 Å². The average Bonchev–Trinajstić information content (AvgIpc) is 3.43. The van der Waals surface area contributed by atoms with Gasteiger partial charge in [0.05, 0.1) is 11.0 Å². The molecule has 154 valence electrons. The summed E-state index contributed by atoms with van der Waals surface area (Å²) in [6.45, 7) is 1.25. The number of carbonyl (C=O) groups is 3. The Morgan fingerprint density at radius 3 is 2.60 bits per heavy atom. The molecule has 8 heteroatoms. The molecule has 1 atom stereocenters. The minimum Gasteiger partial charge on any atom is -0.340 e. The average molecular weight is 440 g/mol. The minimum atomic E-state index is -0.404. The van der Waals surface area contributed by atoms with E-state index in [-0.39, 0.29) is 22.8 Å². The van der Waals surface area contributed by atoms with Crippen molar-refractivity contribution in [2.24, 2.45) is 0 Å². The van der Waals surface area contributed by atoms with Crippen molar-refractivity contribution < 1.29 is 14.4 Å². The number of nitrogens with one attached hydrogen (secondary N) is 1. The van der Waals surface area contributed by atoms with Crippen molar-refractivity contribution in [1.82, 2.24) is 15.2 Å². The van der Waals surface area contributed by atoms with Gasteiger partial charge in [0.1, 0.15) is 5.69 Å². The monoisotopic (exact) mass is 439 g/mol. The van der Waals surface area contributed by atoms with Gasteiger partial charge in [-0.15, -0.1) is 11.3 Å². The van der Waals surface area contributed by atoms with Crippen LogP contribution in [0.2, 0.25) is 0 Å². The second-order valence-corrected chi connectivity index (χ2v) is 9.22. The van der Waals surface area contributed by atoms with E-state index in [0.717, 1.165) is 29.2 Å². The highest BCUT2D eigenvalue weighted by atomic mass is 32.2. The first-order valence-electron chi connectivity index (χ1n) is 9.89. The summed E-state index contributed by atoms with van der Waals surface area (Å²) in [4.78, 5) is 42.7. The molecule has 0 aliphatic carbocycles. The number of nitrogens with zero attached hydrogens (tertiary/aromatic N) is 2. The number of likely N-dealkylation sites (tertiary alicyclic amines) is 1. The summed E-state index contributed by atoms with van der Waals surface area (Å²) in [6.07, 6.45) is 2.27. The third-order valence-corrected chi connectivity index (χ3v) is 7.23. The number of hydrogen-bond donors (Lipinski definition) is 1. The second kappa shape index (κ2) is 9.45. The van der Waals surface area contributed by atoms with Crippen molar-refractivity contribution in [2.45, 2.75) is 31.2 Å². The molecule has 0 spiro atoms. The van der Waals surface area contributed by atoms with Crippen LogP contribution in [0.4, 0.5) is 0 Å². The zero-order valence-corrected chi connectivity index (χ0v) is 17.9. The van der Waals surface area contributed by atoms with E-state index in [1.165, 1.54) is 23.1 Å². The maximum absolute atomic E-state index is 12.4. The molecule has 1 N–H and O–H groups in total. The predicted molar refractivity (Wildman–Crippen MR) is 117 cm³/mol. The number of rotatable bonds is 3. The first-order valence-corrected chi connectivity index (χ1v) is 11.8. The zero-order valence-electron chi connectivity index (χ0n) is 16.3. The molecule has 0 radical (unpaired) electrons. The molecule has 2 aliphatic rings. The molecule has 6 nitrogen and oxygen atoms in total. The number of benzene rings is 1. The lowest BCUT2D eigenvalue weighted by molar-refractivity contribution is -0.126. The van der Waals surface area contributed by atoms with Gasteiger partial charge in [0.25, 0.3) is 11.8 Å². The van der Waals surface area contributed by atoms with E-state index in [9.17, 15) is 14.4 Å². The Labute approximate surface area is 183 Å². The molecule has 2 aliphatic heterocycles. The largest absolute Gasteiger partial charge is 0.340 e. The fourth-order valence-electron chi connectivity index (χ4n) is 3.49. The summed E-state index contributed by atoms with van der Waals surface area (Å²) < 4.78 is 0. The predicted octanol–water partition coefficient (Wildman–Crippen LogP) is 2.66. The number of thioether (sulfide) groups is 1. The molecule has 2 fully saturated rings. The lowest BCUT2D eigenvalue weighted by atomic mass is 9.97. The van der Waals surface area contributed by atoms with Crippen LogP contribution in [0.1, 0.15) is 46.2 Å². The van der Waals surface area contributed by atoms with Crippen molar-refractivity contribution >= 4 is 40.0 Å². The molecule has 1 aromatic carbocycles. The molecule has 2 saturated heterocycles. The smallest absolute Gasteiger partial charge is 0.298 e. The van der Waals surface area contributed by atoms with Crippen LogP contribution in [0, 0.1) is 11.8 Å². The highest BCUT2D eigenvalue weighted by Gasteiger charge is 2.29. The Kier molecular flexibility index (Phi) is 6.50. The molecule has 0 saturated carbocycles. The van der Waals surface area contributed by atoms with Gasteiger partial charge in [-0.05, 0) is 31.4 Å². The van der Waals surface area contributed by atoms with Crippen LogP contribution in [0.5, 0.6) is 0 Å². The second-order valence-electron chi connectivity index (χ2n) is 7.24. The van der Waals surface area contributed by atoms with Crippen molar-refractivity contribution in [1.29, 1.82) is 0 Å². The molecular formula is C22H21N3O3S2. The number of thiazole rings is 1. The van der Waals surface area contributed by atoms with E-state index in [2.05, 4.69) is 22.1 Å². The van der Waals surface area contributed by atoms with Gasteiger partial charge in [0.2, 0.25) is 5.12 Å². The summed E-state index contributed by atoms with van der Waals surface area (Å²) in [6, 6.07) is 9.06. The number of piperidine rings is 1. The third-order valence-electron chi connectivity index (χ3n) is 5.21. The van der Waals surface area contributed by atoms with Crippen LogP contribution in [-0.4, -0.2) is 51.7 Å². The Balaban J connectivity index is 1.30. The zero-order chi connectivity index (χ0) is 20.9. The van der Waals surface area contributed by atoms with Gasteiger partial charge in [-0.2, -0.15) is 0 Å². The maximum Gasteiger partial charge on any atom is 0.298 e. The van der Waals surface area contributed by atoms with Gasteiger partial charge in [0, 0.05) is 41.6 Å². The fourth-order valence-corrected chi connectivity index (χ4v) is 5.40. The highest BCUT2D eigenvalue weighted by Crippen LogP contribution is 2.30. The molecule has 4 rings (SSSR count). The Hall–Kier alpha value is -2.63. The third kappa shape index (κ3) is 4.91. The van der Waals surface area contributed by atoms with E-state index in [4.69, 9.17) is 0 Å². The van der Waals surface area contributed by atoms with Gasteiger partial charge in [0.15, 0.2) is 0 Å². The molecular weight excluding hydrogens is 418 g/mol.